The second kappa shape index (κ2) is 5.80. The molecule has 20 heavy (non-hydrogen) atoms. The molecule has 2 nitrogen and oxygen atoms in total. The topological polar surface area (TPSA) is 24.9 Å². The van der Waals surface area contributed by atoms with E-state index in [9.17, 15) is 4.39 Å². The SMILES string of the molecule is CCNC1CCCc2sc(-c3ccc(Cl)c(F)c3)nc21. The zero-order chi connectivity index (χ0) is 14.1. The Kier molecular flexibility index (Phi) is 4.06. The van der Waals surface area contributed by atoms with Gasteiger partial charge in [-0.15, -0.1) is 11.3 Å². The van der Waals surface area contributed by atoms with E-state index < -0.39 is 0 Å². The van der Waals surface area contributed by atoms with Crippen LogP contribution in [0.2, 0.25) is 5.02 Å². The van der Waals surface area contributed by atoms with E-state index in [1.165, 1.54) is 17.4 Å². The van der Waals surface area contributed by atoms with Crippen LogP contribution in [0.4, 0.5) is 4.39 Å². The van der Waals surface area contributed by atoms with Crippen molar-refractivity contribution in [3.05, 3.63) is 39.6 Å². The Morgan fingerprint density at radius 3 is 3.10 bits per heavy atom. The maximum atomic E-state index is 13.6. The summed E-state index contributed by atoms with van der Waals surface area (Å²) in [5, 5.41) is 4.51. The molecule has 0 fully saturated rings. The molecule has 1 aliphatic rings. The number of thiazole rings is 1. The third-order valence-corrected chi connectivity index (χ3v) is 5.06. The molecule has 1 aromatic heterocycles. The second-order valence-corrected chi connectivity index (χ2v) is 6.45. The first-order valence-corrected chi connectivity index (χ1v) is 8.07. The maximum Gasteiger partial charge on any atom is 0.142 e. The fraction of sp³-hybridized carbons (Fsp3) is 0.400. The maximum absolute atomic E-state index is 13.6. The molecule has 0 amide bonds. The Hall–Kier alpha value is -0.970. The van der Waals surface area contributed by atoms with Crippen LogP contribution < -0.4 is 5.32 Å². The van der Waals surface area contributed by atoms with E-state index in [0.717, 1.165) is 35.7 Å². The predicted molar refractivity (Wildman–Crippen MR) is 81.9 cm³/mol. The van der Waals surface area contributed by atoms with E-state index in [0.29, 0.717) is 6.04 Å². The number of rotatable bonds is 3. The normalized spacial score (nSPS) is 18.1. The summed E-state index contributed by atoms with van der Waals surface area (Å²) in [4.78, 5) is 6.06. The number of fused-ring (bicyclic) bond motifs is 1. The third-order valence-electron chi connectivity index (χ3n) is 3.57. The van der Waals surface area contributed by atoms with Crippen LogP contribution >= 0.6 is 22.9 Å². The highest BCUT2D eigenvalue weighted by atomic mass is 35.5. The Morgan fingerprint density at radius 1 is 1.50 bits per heavy atom. The van der Waals surface area contributed by atoms with Gasteiger partial charge in [0.2, 0.25) is 0 Å². The molecule has 2 aromatic rings. The van der Waals surface area contributed by atoms with Crippen molar-refractivity contribution < 1.29 is 4.39 Å². The molecule has 1 unspecified atom stereocenters. The average Bonchev–Trinajstić information content (AvgIpc) is 2.87. The van der Waals surface area contributed by atoms with Crippen LogP contribution in [-0.4, -0.2) is 11.5 Å². The van der Waals surface area contributed by atoms with Crippen LogP contribution in [0.3, 0.4) is 0 Å². The molecule has 1 N–H and O–H groups in total. The van der Waals surface area contributed by atoms with Gasteiger partial charge >= 0.3 is 0 Å². The molecular weight excluding hydrogens is 295 g/mol. The van der Waals surface area contributed by atoms with Crippen LogP contribution in [-0.2, 0) is 6.42 Å². The lowest BCUT2D eigenvalue weighted by Crippen LogP contribution is -2.24. The number of nitrogens with one attached hydrogen (secondary N) is 1. The quantitative estimate of drug-likeness (QED) is 0.897. The molecule has 3 rings (SSSR count). The van der Waals surface area contributed by atoms with Crippen molar-refractivity contribution in [3.8, 4) is 10.6 Å². The molecule has 106 valence electrons. The number of hydrogen-bond acceptors (Lipinski definition) is 3. The molecular formula is C15H16ClFN2S. The van der Waals surface area contributed by atoms with E-state index in [-0.39, 0.29) is 10.8 Å². The highest BCUT2D eigenvalue weighted by molar-refractivity contribution is 7.15. The monoisotopic (exact) mass is 310 g/mol. The van der Waals surface area contributed by atoms with Crippen molar-refractivity contribution in [2.75, 3.05) is 6.54 Å². The Labute approximate surface area is 127 Å². The first kappa shape index (κ1) is 14.0. The van der Waals surface area contributed by atoms with Crippen LogP contribution in [0, 0.1) is 5.82 Å². The number of aryl methyl sites for hydroxylation is 1. The minimum Gasteiger partial charge on any atom is -0.309 e. The fourth-order valence-electron chi connectivity index (χ4n) is 2.62. The highest BCUT2D eigenvalue weighted by Gasteiger charge is 2.24. The molecule has 1 heterocycles. The lowest BCUT2D eigenvalue weighted by molar-refractivity contribution is 0.465. The third kappa shape index (κ3) is 2.60. The summed E-state index contributed by atoms with van der Waals surface area (Å²) >= 11 is 7.40. The van der Waals surface area contributed by atoms with E-state index in [1.807, 2.05) is 6.07 Å². The summed E-state index contributed by atoms with van der Waals surface area (Å²) in [6.45, 7) is 3.04. The van der Waals surface area contributed by atoms with E-state index in [2.05, 4.69) is 12.2 Å². The number of nitrogens with zero attached hydrogens (tertiary/aromatic N) is 1. The summed E-state index contributed by atoms with van der Waals surface area (Å²) in [7, 11) is 0. The summed E-state index contributed by atoms with van der Waals surface area (Å²) in [6.07, 6.45) is 3.38. The molecule has 0 bridgehead atoms. The largest absolute Gasteiger partial charge is 0.309 e. The zero-order valence-corrected chi connectivity index (χ0v) is 12.8. The molecule has 0 saturated heterocycles. The lowest BCUT2D eigenvalue weighted by Gasteiger charge is -2.21. The van der Waals surface area contributed by atoms with E-state index >= 15 is 0 Å². The van der Waals surface area contributed by atoms with Crippen LogP contribution in [0.15, 0.2) is 18.2 Å². The minimum atomic E-state index is -0.388. The van der Waals surface area contributed by atoms with Gasteiger partial charge in [0.25, 0.3) is 0 Å². The van der Waals surface area contributed by atoms with Gasteiger partial charge < -0.3 is 5.32 Å². The number of halogens is 2. The molecule has 5 heteroatoms. The van der Waals surface area contributed by atoms with Crippen LogP contribution in [0.5, 0.6) is 0 Å². The summed E-state index contributed by atoms with van der Waals surface area (Å²) in [6, 6.07) is 5.23. The summed E-state index contributed by atoms with van der Waals surface area (Å²) < 4.78 is 13.6. The number of aromatic nitrogens is 1. The van der Waals surface area contributed by atoms with Gasteiger partial charge in [-0.25, -0.2) is 9.37 Å². The molecule has 1 aromatic carbocycles. The second-order valence-electron chi connectivity index (χ2n) is 4.96. The van der Waals surface area contributed by atoms with Crippen molar-refractivity contribution in [1.82, 2.24) is 10.3 Å². The highest BCUT2D eigenvalue weighted by Crippen LogP contribution is 2.37. The van der Waals surface area contributed by atoms with Gasteiger partial charge in [-0.2, -0.15) is 0 Å². The van der Waals surface area contributed by atoms with Crippen molar-refractivity contribution in [2.24, 2.45) is 0 Å². The minimum absolute atomic E-state index is 0.153. The van der Waals surface area contributed by atoms with Crippen LogP contribution in [0.1, 0.15) is 36.4 Å². The number of hydrogen-bond donors (Lipinski definition) is 1. The first-order valence-electron chi connectivity index (χ1n) is 6.87. The fourth-order valence-corrected chi connectivity index (χ4v) is 3.89. The lowest BCUT2D eigenvalue weighted by atomic mass is 9.98. The Balaban J connectivity index is 1.97. The van der Waals surface area contributed by atoms with Crippen molar-refractivity contribution in [2.45, 2.75) is 32.2 Å². The van der Waals surface area contributed by atoms with Gasteiger partial charge in [-0.3, -0.25) is 0 Å². The molecule has 0 spiro atoms. The molecule has 0 saturated carbocycles. The predicted octanol–water partition coefficient (Wildman–Crippen LogP) is 4.59. The summed E-state index contributed by atoms with van der Waals surface area (Å²) in [5.74, 6) is -0.388. The van der Waals surface area contributed by atoms with E-state index in [1.54, 1.807) is 17.4 Å². The molecule has 1 aliphatic carbocycles. The number of benzene rings is 1. The van der Waals surface area contributed by atoms with Gasteiger partial charge in [-0.05, 0) is 37.9 Å². The first-order chi connectivity index (χ1) is 9.69. The Bertz CT molecular complexity index is 626. The van der Waals surface area contributed by atoms with Crippen LogP contribution in [0.25, 0.3) is 10.6 Å². The summed E-state index contributed by atoms with van der Waals surface area (Å²) in [5.41, 5.74) is 1.95. The van der Waals surface area contributed by atoms with Crippen molar-refractivity contribution >= 4 is 22.9 Å². The van der Waals surface area contributed by atoms with Crippen molar-refractivity contribution in [1.29, 1.82) is 0 Å². The zero-order valence-electron chi connectivity index (χ0n) is 11.2. The molecule has 1 atom stereocenters. The van der Waals surface area contributed by atoms with Crippen molar-refractivity contribution in [3.63, 3.8) is 0 Å². The smallest absolute Gasteiger partial charge is 0.142 e. The van der Waals surface area contributed by atoms with Gasteiger partial charge in [0.15, 0.2) is 0 Å². The average molecular weight is 311 g/mol. The molecule has 0 radical (unpaired) electrons. The van der Waals surface area contributed by atoms with Gasteiger partial charge in [0.1, 0.15) is 10.8 Å². The van der Waals surface area contributed by atoms with Gasteiger partial charge in [-0.1, -0.05) is 24.6 Å². The van der Waals surface area contributed by atoms with Gasteiger partial charge in [0.05, 0.1) is 16.8 Å². The standard InChI is InChI=1S/C15H16ClFN2S/c1-2-18-12-4-3-5-13-14(12)19-15(20-13)9-6-7-10(16)11(17)8-9/h6-8,12,18H,2-5H2,1H3. The Morgan fingerprint density at radius 2 is 2.35 bits per heavy atom. The van der Waals surface area contributed by atoms with E-state index in [4.69, 9.17) is 16.6 Å². The van der Waals surface area contributed by atoms with Gasteiger partial charge in [0, 0.05) is 10.4 Å². The molecule has 0 aliphatic heterocycles.